The second-order valence-corrected chi connectivity index (χ2v) is 11.3. The van der Waals surface area contributed by atoms with Crippen molar-refractivity contribution in [1.29, 1.82) is 0 Å². The highest BCUT2D eigenvalue weighted by atomic mass is 35.5. The highest BCUT2D eigenvalue weighted by Gasteiger charge is 2.32. The van der Waals surface area contributed by atoms with Gasteiger partial charge in [0.05, 0.1) is 17.2 Å². The van der Waals surface area contributed by atoms with Crippen molar-refractivity contribution in [2.75, 3.05) is 24.0 Å². The van der Waals surface area contributed by atoms with Crippen LogP contribution in [0.3, 0.4) is 0 Å². The number of hydrogen-bond donors (Lipinski definition) is 1. The summed E-state index contributed by atoms with van der Waals surface area (Å²) in [7, 11) is -4.13. The molecule has 0 aromatic heterocycles. The molecule has 0 spiro atoms. The van der Waals surface area contributed by atoms with Gasteiger partial charge in [-0.3, -0.25) is 13.9 Å². The van der Waals surface area contributed by atoms with Crippen LogP contribution in [-0.2, 0) is 26.2 Å². The highest BCUT2D eigenvalue weighted by Crippen LogP contribution is 2.27. The van der Waals surface area contributed by atoms with E-state index in [0.29, 0.717) is 29.6 Å². The number of nitrogens with zero attached hydrogens (tertiary/aromatic N) is 2. The molecule has 0 unspecified atom stereocenters. The van der Waals surface area contributed by atoms with Crippen LogP contribution in [0.15, 0.2) is 77.7 Å². The Hall–Kier alpha value is -3.56. The lowest BCUT2D eigenvalue weighted by molar-refractivity contribution is -0.139. The van der Waals surface area contributed by atoms with Gasteiger partial charge in [-0.15, -0.1) is 0 Å². The monoisotopic (exact) mass is 571 g/mol. The predicted octanol–water partition coefficient (Wildman–Crippen LogP) is 4.80. The average molecular weight is 572 g/mol. The van der Waals surface area contributed by atoms with Gasteiger partial charge in [0.25, 0.3) is 10.0 Å². The Labute approximate surface area is 235 Å². The van der Waals surface area contributed by atoms with E-state index < -0.39 is 28.5 Å². The third-order valence-electron chi connectivity index (χ3n) is 6.11. The first-order chi connectivity index (χ1) is 18.6. The van der Waals surface area contributed by atoms with Gasteiger partial charge in [-0.05, 0) is 81.8 Å². The number of carbonyl (C=O) groups excluding carboxylic acids is 2. The first-order valence-corrected chi connectivity index (χ1v) is 14.5. The molecule has 39 heavy (non-hydrogen) atoms. The summed E-state index contributed by atoms with van der Waals surface area (Å²) in [6, 6.07) is 19.0. The predicted molar refractivity (Wildman–Crippen MR) is 153 cm³/mol. The third-order valence-corrected chi connectivity index (χ3v) is 8.15. The maximum absolute atomic E-state index is 13.8. The molecule has 10 heteroatoms. The molecule has 0 heterocycles. The first kappa shape index (κ1) is 30.0. The third kappa shape index (κ3) is 7.74. The zero-order chi connectivity index (χ0) is 28.6. The number of benzene rings is 3. The SMILES string of the molecule is CCNC(=O)[C@H](C)N(Cc1ccc(Cl)cc1)C(=O)CN(c1ccc(OCC)cc1)S(=O)(=O)c1ccc(C)cc1. The summed E-state index contributed by atoms with van der Waals surface area (Å²) in [5, 5.41) is 3.28. The molecule has 0 radical (unpaired) electrons. The lowest BCUT2D eigenvalue weighted by atomic mass is 10.1. The lowest BCUT2D eigenvalue weighted by Crippen LogP contribution is -2.51. The summed E-state index contributed by atoms with van der Waals surface area (Å²) >= 11 is 6.02. The topological polar surface area (TPSA) is 96.0 Å². The Morgan fingerprint density at radius 1 is 0.949 bits per heavy atom. The van der Waals surface area contributed by atoms with Crippen LogP contribution in [-0.4, -0.2) is 50.9 Å². The van der Waals surface area contributed by atoms with Crippen LogP contribution >= 0.6 is 11.6 Å². The summed E-state index contributed by atoms with van der Waals surface area (Å²) in [5.74, 6) is -0.295. The van der Waals surface area contributed by atoms with Crippen molar-refractivity contribution < 1.29 is 22.7 Å². The Bertz CT molecular complexity index is 1360. The Morgan fingerprint density at radius 2 is 1.56 bits per heavy atom. The Balaban J connectivity index is 2.02. The molecular weight excluding hydrogens is 538 g/mol. The van der Waals surface area contributed by atoms with Gasteiger partial charge in [-0.2, -0.15) is 0 Å². The van der Waals surface area contributed by atoms with Gasteiger partial charge in [0, 0.05) is 18.1 Å². The van der Waals surface area contributed by atoms with E-state index in [1.165, 1.54) is 17.0 Å². The summed E-state index contributed by atoms with van der Waals surface area (Å²) < 4.78 is 34.3. The molecule has 208 valence electrons. The molecule has 3 rings (SSSR count). The number of sulfonamides is 1. The van der Waals surface area contributed by atoms with Crippen LogP contribution in [0, 0.1) is 6.92 Å². The zero-order valence-corrected chi connectivity index (χ0v) is 24.1. The van der Waals surface area contributed by atoms with Crippen molar-refractivity contribution in [3.05, 3.63) is 88.9 Å². The zero-order valence-electron chi connectivity index (χ0n) is 22.6. The smallest absolute Gasteiger partial charge is 0.264 e. The number of likely N-dealkylation sites (N-methyl/N-ethyl adjacent to an activating group) is 1. The molecule has 0 fully saturated rings. The van der Waals surface area contributed by atoms with E-state index in [-0.39, 0.29) is 17.3 Å². The average Bonchev–Trinajstić information content (AvgIpc) is 2.92. The Kier molecular flexibility index (Phi) is 10.4. The second kappa shape index (κ2) is 13.5. The van der Waals surface area contributed by atoms with Crippen molar-refractivity contribution in [2.24, 2.45) is 0 Å². The molecule has 1 atom stereocenters. The van der Waals surface area contributed by atoms with Crippen molar-refractivity contribution >= 4 is 39.1 Å². The molecule has 0 bridgehead atoms. The molecule has 0 saturated carbocycles. The standard InChI is InChI=1S/C29H34ClN3O5S/c1-5-31-29(35)22(4)32(19-23-9-11-24(30)12-10-23)28(34)20-33(25-13-15-26(16-14-25)38-6-2)39(36,37)27-17-7-21(3)8-18-27/h7-18,22H,5-6,19-20H2,1-4H3,(H,31,35)/t22-/m0/s1. The van der Waals surface area contributed by atoms with E-state index >= 15 is 0 Å². The first-order valence-electron chi connectivity index (χ1n) is 12.7. The van der Waals surface area contributed by atoms with Crippen LogP contribution in [0.1, 0.15) is 31.9 Å². The molecule has 3 aromatic carbocycles. The molecule has 0 aliphatic heterocycles. The molecular formula is C29H34ClN3O5S. The fourth-order valence-corrected chi connectivity index (χ4v) is 5.47. The van der Waals surface area contributed by atoms with Crippen LogP contribution < -0.4 is 14.4 Å². The minimum atomic E-state index is -4.13. The number of anilines is 1. The summed E-state index contributed by atoms with van der Waals surface area (Å²) in [4.78, 5) is 28.0. The van der Waals surface area contributed by atoms with Crippen molar-refractivity contribution in [3.8, 4) is 5.75 Å². The molecule has 0 aliphatic rings. The van der Waals surface area contributed by atoms with Crippen molar-refractivity contribution in [1.82, 2.24) is 10.2 Å². The summed E-state index contributed by atoms with van der Waals surface area (Å²) in [6.45, 7) is 7.56. The van der Waals surface area contributed by atoms with Gasteiger partial charge in [0.1, 0.15) is 18.3 Å². The molecule has 0 aliphatic carbocycles. The van der Waals surface area contributed by atoms with E-state index in [1.807, 2.05) is 13.8 Å². The number of amides is 2. The summed E-state index contributed by atoms with van der Waals surface area (Å²) in [6.07, 6.45) is 0. The van der Waals surface area contributed by atoms with Crippen LogP contribution in [0.5, 0.6) is 5.75 Å². The van der Waals surface area contributed by atoms with Crippen LogP contribution in [0.2, 0.25) is 5.02 Å². The Morgan fingerprint density at radius 3 is 2.13 bits per heavy atom. The van der Waals surface area contributed by atoms with Crippen LogP contribution in [0.4, 0.5) is 5.69 Å². The normalized spacial score (nSPS) is 11.9. The lowest BCUT2D eigenvalue weighted by Gasteiger charge is -2.32. The number of halogens is 1. The molecule has 1 N–H and O–H groups in total. The van der Waals surface area contributed by atoms with E-state index in [1.54, 1.807) is 74.5 Å². The fourth-order valence-electron chi connectivity index (χ4n) is 3.93. The van der Waals surface area contributed by atoms with Crippen molar-refractivity contribution in [2.45, 2.75) is 45.2 Å². The maximum atomic E-state index is 13.8. The fraction of sp³-hybridized carbons (Fsp3) is 0.310. The van der Waals surface area contributed by atoms with E-state index in [0.717, 1.165) is 15.4 Å². The minimum Gasteiger partial charge on any atom is -0.494 e. The van der Waals surface area contributed by atoms with E-state index in [9.17, 15) is 18.0 Å². The molecule has 2 amide bonds. The molecule has 3 aromatic rings. The molecule has 8 nitrogen and oxygen atoms in total. The number of hydrogen-bond acceptors (Lipinski definition) is 5. The largest absolute Gasteiger partial charge is 0.494 e. The number of rotatable bonds is 12. The second-order valence-electron chi connectivity index (χ2n) is 8.97. The summed E-state index contributed by atoms with van der Waals surface area (Å²) in [5.41, 5.74) is 1.95. The van der Waals surface area contributed by atoms with Crippen molar-refractivity contribution in [3.63, 3.8) is 0 Å². The minimum absolute atomic E-state index is 0.0517. The number of ether oxygens (including phenoxy) is 1. The van der Waals surface area contributed by atoms with Crippen LogP contribution in [0.25, 0.3) is 0 Å². The van der Waals surface area contributed by atoms with Gasteiger partial charge in [-0.25, -0.2) is 8.42 Å². The van der Waals surface area contributed by atoms with E-state index in [2.05, 4.69) is 5.32 Å². The highest BCUT2D eigenvalue weighted by molar-refractivity contribution is 7.92. The van der Waals surface area contributed by atoms with Gasteiger partial charge in [-0.1, -0.05) is 41.4 Å². The van der Waals surface area contributed by atoms with E-state index in [4.69, 9.17) is 16.3 Å². The number of nitrogens with one attached hydrogen (secondary N) is 1. The van der Waals surface area contributed by atoms with Gasteiger partial charge in [0.2, 0.25) is 11.8 Å². The maximum Gasteiger partial charge on any atom is 0.264 e. The van der Waals surface area contributed by atoms with Gasteiger partial charge in [0.15, 0.2) is 0 Å². The molecule has 0 saturated heterocycles. The quantitative estimate of drug-likeness (QED) is 0.337. The number of carbonyl (C=O) groups is 2. The van der Waals surface area contributed by atoms with Gasteiger partial charge >= 0.3 is 0 Å². The number of aryl methyl sites for hydroxylation is 1. The van der Waals surface area contributed by atoms with Gasteiger partial charge < -0.3 is 15.0 Å².